The summed E-state index contributed by atoms with van der Waals surface area (Å²) in [6, 6.07) is 0.731. The summed E-state index contributed by atoms with van der Waals surface area (Å²) in [5, 5.41) is 1.98. The summed E-state index contributed by atoms with van der Waals surface area (Å²) >= 11 is 0. The Bertz CT molecular complexity index is 243. The first-order valence-electron chi connectivity index (χ1n) is 5.58. The first-order valence-corrected chi connectivity index (χ1v) is 5.58. The number of carbonyl (C=O) groups excluding carboxylic acids is 2. The van der Waals surface area contributed by atoms with E-state index in [-0.39, 0.29) is 18.1 Å². The average Bonchev–Trinajstić information content (AvgIpc) is 2.10. The van der Waals surface area contributed by atoms with Crippen molar-refractivity contribution >= 4 is 11.7 Å². The van der Waals surface area contributed by atoms with Crippen LogP contribution in [0.3, 0.4) is 0 Å². The zero-order valence-electron chi connectivity index (χ0n) is 9.75. The van der Waals surface area contributed by atoms with Crippen molar-refractivity contribution in [2.24, 2.45) is 0 Å². The van der Waals surface area contributed by atoms with Crippen LogP contribution in [-0.4, -0.2) is 28.8 Å². The Morgan fingerprint density at radius 1 is 1.27 bits per heavy atom. The third-order valence-corrected chi connectivity index (χ3v) is 2.86. The molecule has 0 bridgehead atoms. The fraction of sp³-hybridized carbons (Fsp3) is 0.818. The molecule has 4 nitrogen and oxygen atoms in total. The second-order valence-corrected chi connectivity index (χ2v) is 4.45. The van der Waals surface area contributed by atoms with E-state index in [4.69, 9.17) is 0 Å². The van der Waals surface area contributed by atoms with Gasteiger partial charge in [0.05, 0.1) is 6.42 Å². The van der Waals surface area contributed by atoms with Crippen molar-refractivity contribution in [3.63, 3.8) is 0 Å². The highest BCUT2D eigenvalue weighted by molar-refractivity contribution is 5.96. The van der Waals surface area contributed by atoms with Crippen molar-refractivity contribution in [1.29, 1.82) is 0 Å². The predicted octanol–water partition coefficient (Wildman–Crippen LogP) is 1.26. The van der Waals surface area contributed by atoms with Crippen molar-refractivity contribution in [2.45, 2.75) is 58.5 Å². The van der Waals surface area contributed by atoms with Gasteiger partial charge in [-0.05, 0) is 33.6 Å². The molecule has 1 saturated heterocycles. The number of hydrogen-bond acceptors (Lipinski definition) is 3. The second-order valence-electron chi connectivity index (χ2n) is 4.45. The Morgan fingerprint density at radius 2 is 1.80 bits per heavy atom. The smallest absolute Gasteiger partial charge is 0.241 e. The summed E-state index contributed by atoms with van der Waals surface area (Å²) in [5.74, 6) is -0.284. The first-order chi connectivity index (χ1) is 7.00. The largest absolute Gasteiger partial charge is 0.299 e. The van der Waals surface area contributed by atoms with Crippen LogP contribution in [0.5, 0.6) is 0 Å². The highest BCUT2D eigenvalue weighted by Gasteiger charge is 2.26. The van der Waals surface area contributed by atoms with Crippen molar-refractivity contribution in [3.05, 3.63) is 0 Å². The molecule has 0 aromatic rings. The molecular weight excluding hydrogens is 192 g/mol. The van der Waals surface area contributed by atoms with Crippen LogP contribution in [0.1, 0.15) is 46.5 Å². The van der Waals surface area contributed by atoms with Gasteiger partial charge in [-0.25, -0.2) is 5.01 Å². The van der Waals surface area contributed by atoms with Crippen LogP contribution in [0.15, 0.2) is 0 Å². The minimum absolute atomic E-state index is 0.0179. The molecule has 0 unspecified atom stereocenters. The number of piperidine rings is 1. The van der Waals surface area contributed by atoms with Crippen LogP contribution in [-0.2, 0) is 9.59 Å². The number of amides is 1. The quantitative estimate of drug-likeness (QED) is 0.716. The van der Waals surface area contributed by atoms with Crippen LogP contribution in [0.2, 0.25) is 0 Å². The van der Waals surface area contributed by atoms with E-state index in [9.17, 15) is 9.59 Å². The summed E-state index contributed by atoms with van der Waals surface area (Å²) in [7, 11) is 0. The number of ketones is 1. The molecule has 1 heterocycles. The van der Waals surface area contributed by atoms with Gasteiger partial charge in [0.1, 0.15) is 5.78 Å². The molecule has 1 N–H and O–H groups in total. The second kappa shape index (κ2) is 5.26. The molecule has 0 saturated carbocycles. The Hall–Kier alpha value is -0.900. The van der Waals surface area contributed by atoms with Crippen LogP contribution in [0, 0.1) is 0 Å². The number of nitrogens with zero attached hydrogens (tertiary/aromatic N) is 1. The lowest BCUT2D eigenvalue weighted by molar-refractivity contribution is -0.133. The molecule has 0 aromatic heterocycles. The monoisotopic (exact) mass is 212 g/mol. The summed E-state index contributed by atoms with van der Waals surface area (Å²) < 4.78 is 0. The summed E-state index contributed by atoms with van der Waals surface area (Å²) in [6.07, 6.45) is 3.40. The van der Waals surface area contributed by atoms with E-state index in [0.29, 0.717) is 12.1 Å². The molecule has 4 heteroatoms. The number of hydrogen-bond donors (Lipinski definition) is 1. The molecule has 0 aliphatic carbocycles. The Morgan fingerprint density at radius 3 is 2.27 bits per heavy atom. The van der Waals surface area contributed by atoms with Crippen LogP contribution >= 0.6 is 0 Å². The van der Waals surface area contributed by atoms with Gasteiger partial charge in [0.25, 0.3) is 0 Å². The van der Waals surface area contributed by atoms with Gasteiger partial charge >= 0.3 is 0 Å². The maximum absolute atomic E-state index is 11.4. The molecule has 1 fully saturated rings. The Labute approximate surface area is 91.0 Å². The molecule has 0 spiro atoms. The number of Topliss-reactive ketones (excluding diaryl/α,β-unsaturated/α-hetero) is 1. The summed E-state index contributed by atoms with van der Waals surface area (Å²) in [4.78, 5) is 22.2. The molecule has 2 atom stereocenters. The van der Waals surface area contributed by atoms with Crippen molar-refractivity contribution < 1.29 is 9.59 Å². The van der Waals surface area contributed by atoms with Gasteiger partial charge < -0.3 is 0 Å². The Balaban J connectivity index is 2.47. The number of nitrogens with one attached hydrogen (secondary N) is 1. The minimum atomic E-state index is -0.192. The third kappa shape index (κ3) is 3.63. The van der Waals surface area contributed by atoms with Crippen LogP contribution in [0.4, 0.5) is 0 Å². The molecule has 1 rings (SSSR count). The van der Waals surface area contributed by atoms with E-state index in [1.54, 1.807) is 0 Å². The lowest BCUT2D eigenvalue weighted by Gasteiger charge is -2.38. The zero-order chi connectivity index (χ0) is 11.4. The van der Waals surface area contributed by atoms with Crippen LogP contribution < -0.4 is 5.43 Å². The van der Waals surface area contributed by atoms with Crippen molar-refractivity contribution in [2.75, 3.05) is 0 Å². The molecule has 0 radical (unpaired) electrons. The molecule has 1 aliphatic heterocycles. The van der Waals surface area contributed by atoms with Crippen LogP contribution in [0.25, 0.3) is 0 Å². The van der Waals surface area contributed by atoms with Gasteiger partial charge in [0.2, 0.25) is 5.91 Å². The molecule has 1 amide bonds. The van der Waals surface area contributed by atoms with E-state index in [1.807, 2.05) is 5.01 Å². The van der Waals surface area contributed by atoms with Crippen molar-refractivity contribution in [3.8, 4) is 0 Å². The maximum atomic E-state index is 11.4. The lowest BCUT2D eigenvalue weighted by atomic mass is 10.00. The summed E-state index contributed by atoms with van der Waals surface area (Å²) in [5.41, 5.74) is 2.82. The highest BCUT2D eigenvalue weighted by Crippen LogP contribution is 2.20. The third-order valence-electron chi connectivity index (χ3n) is 2.86. The molecule has 1 aliphatic rings. The molecule has 15 heavy (non-hydrogen) atoms. The standard InChI is InChI=1S/C11H20N2O2/c1-8-5-4-6-9(2)13(8)12-11(15)7-10(3)14/h8-9H,4-7H2,1-3H3,(H,12,15)/t8-,9+. The van der Waals surface area contributed by atoms with E-state index >= 15 is 0 Å². The molecule has 0 aromatic carbocycles. The fourth-order valence-corrected chi connectivity index (χ4v) is 2.05. The topological polar surface area (TPSA) is 49.4 Å². The predicted molar refractivity (Wildman–Crippen MR) is 58.1 cm³/mol. The van der Waals surface area contributed by atoms with Gasteiger partial charge in [-0.15, -0.1) is 0 Å². The zero-order valence-corrected chi connectivity index (χ0v) is 9.75. The fourth-order valence-electron chi connectivity index (χ4n) is 2.05. The van der Waals surface area contributed by atoms with Crippen molar-refractivity contribution in [1.82, 2.24) is 10.4 Å². The van der Waals surface area contributed by atoms with E-state index in [0.717, 1.165) is 12.8 Å². The Kier molecular flexibility index (Phi) is 4.27. The van der Waals surface area contributed by atoms with Gasteiger partial charge in [-0.3, -0.25) is 15.0 Å². The lowest BCUT2D eigenvalue weighted by Crippen LogP contribution is -2.54. The van der Waals surface area contributed by atoms with E-state index in [2.05, 4.69) is 19.3 Å². The first kappa shape index (κ1) is 12.2. The minimum Gasteiger partial charge on any atom is -0.299 e. The highest BCUT2D eigenvalue weighted by atomic mass is 16.2. The van der Waals surface area contributed by atoms with Gasteiger partial charge in [0, 0.05) is 12.1 Å². The summed E-state index contributed by atoms with van der Waals surface area (Å²) in [6.45, 7) is 5.63. The van der Waals surface area contributed by atoms with E-state index in [1.165, 1.54) is 13.3 Å². The maximum Gasteiger partial charge on any atom is 0.241 e. The van der Waals surface area contributed by atoms with Gasteiger partial charge in [-0.1, -0.05) is 6.42 Å². The van der Waals surface area contributed by atoms with Gasteiger partial charge in [-0.2, -0.15) is 0 Å². The molecule has 86 valence electrons. The molecular formula is C11H20N2O2. The number of carbonyl (C=O) groups is 2. The van der Waals surface area contributed by atoms with E-state index < -0.39 is 0 Å². The SMILES string of the molecule is CC(=O)CC(=O)NN1[C@H](C)CCC[C@@H]1C. The number of rotatable bonds is 3. The average molecular weight is 212 g/mol. The number of hydrazine groups is 1. The normalized spacial score (nSPS) is 27.4. The van der Waals surface area contributed by atoms with Gasteiger partial charge in [0.15, 0.2) is 0 Å².